The van der Waals surface area contributed by atoms with E-state index in [4.69, 9.17) is 9.47 Å². The molecule has 5 heteroatoms. The van der Waals surface area contributed by atoms with Gasteiger partial charge in [0, 0.05) is 26.2 Å². The minimum absolute atomic E-state index is 0.0870. The van der Waals surface area contributed by atoms with Crippen molar-refractivity contribution in [2.75, 3.05) is 39.3 Å². The molecule has 0 amide bonds. The van der Waals surface area contributed by atoms with Crippen LogP contribution in [0, 0.1) is 11.3 Å². The largest absolute Gasteiger partial charge is 0.490 e. The lowest BCUT2D eigenvalue weighted by molar-refractivity contribution is 0.118. The van der Waals surface area contributed by atoms with E-state index in [1.54, 1.807) is 0 Å². The number of benzene rings is 1. The van der Waals surface area contributed by atoms with Crippen LogP contribution in [0.2, 0.25) is 0 Å². The molecule has 1 fully saturated rings. The normalized spacial score (nSPS) is 17.5. The standard InChI is InChI=1S/C19H29N3O2/c1-5-21-9-11-22(12-10-21)17(14-20)16-7-8-18(24-15(3)4)19(13-16)23-6-2/h7-8,13,15,17H,5-6,9-12H2,1-4H3. The summed E-state index contributed by atoms with van der Waals surface area (Å²) in [5, 5.41) is 9.71. The molecule has 0 aromatic heterocycles. The zero-order valence-electron chi connectivity index (χ0n) is 15.3. The van der Waals surface area contributed by atoms with E-state index in [0.717, 1.165) is 49.8 Å². The molecule has 1 aliphatic heterocycles. The molecule has 2 rings (SSSR count). The Labute approximate surface area is 145 Å². The van der Waals surface area contributed by atoms with Crippen LogP contribution in [0.15, 0.2) is 18.2 Å². The van der Waals surface area contributed by atoms with Crippen LogP contribution < -0.4 is 9.47 Å². The number of piperazine rings is 1. The van der Waals surface area contributed by atoms with E-state index in [0.29, 0.717) is 6.61 Å². The van der Waals surface area contributed by atoms with Crippen LogP contribution in [0.3, 0.4) is 0 Å². The molecule has 0 radical (unpaired) electrons. The van der Waals surface area contributed by atoms with Gasteiger partial charge in [-0.15, -0.1) is 0 Å². The minimum Gasteiger partial charge on any atom is -0.490 e. The summed E-state index contributed by atoms with van der Waals surface area (Å²) < 4.78 is 11.5. The van der Waals surface area contributed by atoms with Crippen molar-refractivity contribution < 1.29 is 9.47 Å². The molecular weight excluding hydrogens is 302 g/mol. The third-order valence-electron chi connectivity index (χ3n) is 4.29. The van der Waals surface area contributed by atoms with E-state index < -0.39 is 0 Å². The van der Waals surface area contributed by atoms with Gasteiger partial charge in [0.2, 0.25) is 0 Å². The summed E-state index contributed by atoms with van der Waals surface area (Å²) in [5.74, 6) is 1.46. The van der Waals surface area contributed by atoms with Gasteiger partial charge in [-0.2, -0.15) is 5.26 Å². The van der Waals surface area contributed by atoms with E-state index >= 15 is 0 Å². The molecule has 1 aliphatic rings. The first-order valence-electron chi connectivity index (χ1n) is 8.88. The highest BCUT2D eigenvalue weighted by molar-refractivity contribution is 5.45. The van der Waals surface area contributed by atoms with Crippen LogP contribution in [0.25, 0.3) is 0 Å². The van der Waals surface area contributed by atoms with Crippen molar-refractivity contribution in [3.8, 4) is 17.6 Å². The number of likely N-dealkylation sites (N-methyl/N-ethyl adjacent to an activating group) is 1. The lowest BCUT2D eigenvalue weighted by Crippen LogP contribution is -2.47. The summed E-state index contributed by atoms with van der Waals surface area (Å²) in [7, 11) is 0. The van der Waals surface area contributed by atoms with Crippen molar-refractivity contribution in [1.29, 1.82) is 5.26 Å². The fourth-order valence-electron chi connectivity index (χ4n) is 3.02. The number of rotatable bonds is 7. The molecule has 1 heterocycles. The van der Waals surface area contributed by atoms with Crippen molar-refractivity contribution in [2.45, 2.75) is 39.8 Å². The van der Waals surface area contributed by atoms with Gasteiger partial charge in [0.25, 0.3) is 0 Å². The van der Waals surface area contributed by atoms with E-state index in [1.165, 1.54) is 0 Å². The molecule has 1 unspecified atom stereocenters. The van der Waals surface area contributed by atoms with Gasteiger partial charge >= 0.3 is 0 Å². The van der Waals surface area contributed by atoms with Gasteiger partial charge in [0.1, 0.15) is 6.04 Å². The summed E-state index contributed by atoms with van der Waals surface area (Å²) in [5.41, 5.74) is 0.974. The van der Waals surface area contributed by atoms with E-state index in [2.05, 4.69) is 22.8 Å². The molecule has 0 saturated carbocycles. The first-order valence-corrected chi connectivity index (χ1v) is 8.88. The summed E-state index contributed by atoms with van der Waals surface area (Å²) in [6.45, 7) is 13.6. The van der Waals surface area contributed by atoms with Crippen molar-refractivity contribution >= 4 is 0 Å². The van der Waals surface area contributed by atoms with Crippen LogP contribution in [0.1, 0.15) is 39.3 Å². The summed E-state index contributed by atoms with van der Waals surface area (Å²) in [4.78, 5) is 4.66. The average molecular weight is 331 g/mol. The Balaban J connectivity index is 2.19. The molecule has 1 aromatic rings. The van der Waals surface area contributed by atoms with Gasteiger partial charge in [-0.1, -0.05) is 13.0 Å². The number of hydrogen-bond acceptors (Lipinski definition) is 5. The SMILES string of the molecule is CCOc1cc(C(C#N)N2CCN(CC)CC2)ccc1OC(C)C. The highest BCUT2D eigenvalue weighted by atomic mass is 16.5. The fraction of sp³-hybridized carbons (Fsp3) is 0.632. The molecule has 1 saturated heterocycles. The predicted molar refractivity (Wildman–Crippen MR) is 95.4 cm³/mol. The molecule has 0 bridgehead atoms. The minimum atomic E-state index is -0.240. The van der Waals surface area contributed by atoms with Crippen molar-refractivity contribution in [2.24, 2.45) is 0 Å². The summed E-state index contributed by atoms with van der Waals surface area (Å²) in [6, 6.07) is 8.09. The Morgan fingerprint density at radius 3 is 2.38 bits per heavy atom. The molecule has 0 aliphatic carbocycles. The van der Waals surface area contributed by atoms with Gasteiger partial charge in [0.15, 0.2) is 11.5 Å². The fourth-order valence-corrected chi connectivity index (χ4v) is 3.02. The van der Waals surface area contributed by atoms with Gasteiger partial charge in [-0.25, -0.2) is 0 Å². The van der Waals surface area contributed by atoms with Gasteiger partial charge in [-0.05, 0) is 45.0 Å². The molecular formula is C19H29N3O2. The van der Waals surface area contributed by atoms with Crippen molar-refractivity contribution in [3.63, 3.8) is 0 Å². The smallest absolute Gasteiger partial charge is 0.161 e. The first-order chi connectivity index (χ1) is 11.6. The van der Waals surface area contributed by atoms with Gasteiger partial charge < -0.3 is 14.4 Å². The quantitative estimate of drug-likeness (QED) is 0.768. The van der Waals surface area contributed by atoms with E-state index in [-0.39, 0.29) is 12.1 Å². The number of nitriles is 1. The molecule has 1 atom stereocenters. The third kappa shape index (κ3) is 4.62. The average Bonchev–Trinajstić information content (AvgIpc) is 2.58. The highest BCUT2D eigenvalue weighted by Crippen LogP contribution is 2.33. The molecule has 1 aromatic carbocycles. The second-order valence-electron chi connectivity index (χ2n) is 6.31. The second kappa shape index (κ2) is 8.91. The first kappa shape index (κ1) is 18.6. The predicted octanol–water partition coefficient (Wildman–Crippen LogP) is 3.07. The molecule has 0 N–H and O–H groups in total. The Hall–Kier alpha value is -1.77. The maximum absolute atomic E-state index is 9.71. The number of hydrogen-bond donors (Lipinski definition) is 0. The maximum Gasteiger partial charge on any atom is 0.161 e. The Morgan fingerprint density at radius 1 is 1.12 bits per heavy atom. The van der Waals surface area contributed by atoms with Crippen molar-refractivity contribution in [1.82, 2.24) is 9.80 Å². The van der Waals surface area contributed by atoms with Gasteiger partial charge in [-0.3, -0.25) is 4.90 Å². The Kier molecular flexibility index (Phi) is 6.89. The van der Waals surface area contributed by atoms with Crippen LogP contribution in [-0.4, -0.2) is 55.2 Å². The molecule has 5 nitrogen and oxygen atoms in total. The van der Waals surface area contributed by atoms with Crippen molar-refractivity contribution in [3.05, 3.63) is 23.8 Å². The number of nitrogens with zero attached hydrogens (tertiary/aromatic N) is 3. The van der Waals surface area contributed by atoms with Crippen LogP contribution in [0.5, 0.6) is 11.5 Å². The topological polar surface area (TPSA) is 48.7 Å². The third-order valence-corrected chi connectivity index (χ3v) is 4.29. The van der Waals surface area contributed by atoms with E-state index in [9.17, 15) is 5.26 Å². The second-order valence-corrected chi connectivity index (χ2v) is 6.31. The van der Waals surface area contributed by atoms with Crippen LogP contribution in [0.4, 0.5) is 0 Å². The molecule has 0 spiro atoms. The van der Waals surface area contributed by atoms with Crippen LogP contribution in [-0.2, 0) is 0 Å². The monoisotopic (exact) mass is 331 g/mol. The lowest BCUT2D eigenvalue weighted by atomic mass is 10.0. The maximum atomic E-state index is 9.71. The molecule has 132 valence electrons. The molecule has 24 heavy (non-hydrogen) atoms. The number of ether oxygens (including phenoxy) is 2. The summed E-state index contributed by atoms with van der Waals surface area (Å²) >= 11 is 0. The lowest BCUT2D eigenvalue weighted by Gasteiger charge is -2.36. The highest BCUT2D eigenvalue weighted by Gasteiger charge is 2.25. The Bertz CT molecular complexity index is 560. The Morgan fingerprint density at radius 2 is 1.83 bits per heavy atom. The summed E-state index contributed by atoms with van der Waals surface area (Å²) in [6.07, 6.45) is 0.0870. The zero-order valence-corrected chi connectivity index (χ0v) is 15.3. The van der Waals surface area contributed by atoms with Crippen LogP contribution >= 0.6 is 0 Å². The van der Waals surface area contributed by atoms with Gasteiger partial charge in [0.05, 0.1) is 18.8 Å². The van der Waals surface area contributed by atoms with E-state index in [1.807, 2.05) is 39.0 Å². The zero-order chi connectivity index (χ0) is 17.5.